The van der Waals surface area contributed by atoms with E-state index in [9.17, 15) is 4.79 Å². The van der Waals surface area contributed by atoms with Crippen molar-refractivity contribution in [3.8, 4) is 5.75 Å². The van der Waals surface area contributed by atoms with Gasteiger partial charge in [-0.1, -0.05) is 24.3 Å². The second-order valence-corrected chi connectivity index (χ2v) is 5.63. The number of carbonyl (C=O) groups is 1. The third-order valence-electron chi connectivity index (χ3n) is 2.61. The summed E-state index contributed by atoms with van der Waals surface area (Å²) >= 11 is 2.18. The lowest BCUT2D eigenvalue weighted by atomic mass is 10.0. The van der Waals surface area contributed by atoms with Gasteiger partial charge in [-0.05, 0) is 60.7 Å². The van der Waals surface area contributed by atoms with Crippen molar-refractivity contribution >= 4 is 28.4 Å². The highest BCUT2D eigenvalue weighted by molar-refractivity contribution is 14.1. The number of hydrogen-bond donors (Lipinski definition) is 0. The minimum atomic E-state index is 0.00116. The third kappa shape index (κ3) is 3.35. The second kappa shape index (κ2) is 6.19. The first kappa shape index (κ1) is 14.1. The van der Waals surface area contributed by atoms with Gasteiger partial charge in [-0.3, -0.25) is 4.79 Å². The van der Waals surface area contributed by atoms with Crippen LogP contribution in [0.4, 0.5) is 0 Å². The number of rotatable bonds is 4. The maximum absolute atomic E-state index is 12.6. The van der Waals surface area contributed by atoms with Gasteiger partial charge in [0.2, 0.25) is 0 Å². The van der Waals surface area contributed by atoms with Gasteiger partial charge in [-0.25, -0.2) is 0 Å². The molecule has 0 unspecified atom stereocenters. The van der Waals surface area contributed by atoms with Gasteiger partial charge in [-0.2, -0.15) is 0 Å². The Morgan fingerprint density at radius 1 is 1.00 bits per heavy atom. The van der Waals surface area contributed by atoms with Crippen molar-refractivity contribution in [2.75, 3.05) is 0 Å². The van der Waals surface area contributed by atoms with Crippen molar-refractivity contribution in [1.29, 1.82) is 0 Å². The van der Waals surface area contributed by atoms with Gasteiger partial charge >= 0.3 is 0 Å². The molecule has 0 spiro atoms. The highest BCUT2D eigenvalue weighted by atomic mass is 127. The van der Waals surface area contributed by atoms with E-state index in [1.54, 1.807) is 0 Å². The highest BCUT2D eigenvalue weighted by Crippen LogP contribution is 2.24. The van der Waals surface area contributed by atoms with Gasteiger partial charge in [0.15, 0.2) is 5.78 Å². The van der Waals surface area contributed by atoms with Crippen molar-refractivity contribution in [3.63, 3.8) is 0 Å². The summed E-state index contributed by atoms with van der Waals surface area (Å²) in [6.45, 7) is 3.90. The number of ketones is 1. The van der Waals surface area contributed by atoms with Crippen LogP contribution in [-0.4, -0.2) is 11.9 Å². The molecule has 0 N–H and O–H groups in total. The summed E-state index contributed by atoms with van der Waals surface area (Å²) in [6.07, 6.45) is 0.0452. The van der Waals surface area contributed by atoms with Crippen LogP contribution in [0.25, 0.3) is 0 Å². The predicted molar refractivity (Wildman–Crippen MR) is 84.8 cm³/mol. The first-order valence-electron chi connectivity index (χ1n) is 6.14. The van der Waals surface area contributed by atoms with Crippen molar-refractivity contribution in [1.82, 2.24) is 0 Å². The topological polar surface area (TPSA) is 26.3 Å². The van der Waals surface area contributed by atoms with Gasteiger partial charge in [0.05, 0.1) is 11.7 Å². The third-order valence-corrected chi connectivity index (χ3v) is 3.55. The molecule has 0 aliphatic heterocycles. The summed E-state index contributed by atoms with van der Waals surface area (Å²) in [7, 11) is 0. The zero-order valence-electron chi connectivity index (χ0n) is 10.9. The van der Waals surface area contributed by atoms with E-state index < -0.39 is 0 Å². The van der Waals surface area contributed by atoms with Crippen LogP contribution in [0.15, 0.2) is 48.5 Å². The molecule has 0 heterocycles. The molecular weight excluding hydrogens is 351 g/mol. The van der Waals surface area contributed by atoms with Gasteiger partial charge in [0.25, 0.3) is 0 Å². The molecule has 0 aromatic heterocycles. The Bertz CT molecular complexity index is 591. The molecule has 0 bridgehead atoms. The van der Waals surface area contributed by atoms with Crippen LogP contribution in [0.3, 0.4) is 0 Å². The van der Waals surface area contributed by atoms with E-state index in [-0.39, 0.29) is 11.9 Å². The van der Waals surface area contributed by atoms with Crippen LogP contribution >= 0.6 is 22.6 Å². The Kier molecular flexibility index (Phi) is 4.58. The largest absolute Gasteiger partial charge is 0.490 e. The Balaban J connectivity index is 2.42. The van der Waals surface area contributed by atoms with Gasteiger partial charge in [0, 0.05) is 9.13 Å². The van der Waals surface area contributed by atoms with Crippen LogP contribution in [-0.2, 0) is 0 Å². The van der Waals surface area contributed by atoms with Crippen molar-refractivity contribution < 1.29 is 9.53 Å². The lowest BCUT2D eigenvalue weighted by Gasteiger charge is -2.13. The Hall–Kier alpha value is -1.36. The fourth-order valence-corrected chi connectivity index (χ4v) is 2.43. The van der Waals surface area contributed by atoms with Crippen LogP contribution in [0.5, 0.6) is 5.75 Å². The molecule has 2 aromatic rings. The van der Waals surface area contributed by atoms with E-state index in [4.69, 9.17) is 4.74 Å². The van der Waals surface area contributed by atoms with Crippen LogP contribution in [0.1, 0.15) is 29.8 Å². The molecule has 0 atom stereocenters. The summed E-state index contributed by atoms with van der Waals surface area (Å²) in [5.74, 6) is 0.642. The Morgan fingerprint density at radius 2 is 1.58 bits per heavy atom. The maximum atomic E-state index is 12.6. The molecule has 0 aliphatic rings. The summed E-state index contributed by atoms with van der Waals surface area (Å²) in [5.41, 5.74) is 1.32. The minimum Gasteiger partial charge on any atom is -0.490 e. The minimum absolute atomic E-state index is 0.00116. The second-order valence-electron chi connectivity index (χ2n) is 4.47. The van der Waals surface area contributed by atoms with E-state index in [0.717, 1.165) is 3.57 Å². The molecule has 0 amide bonds. The average molecular weight is 366 g/mol. The SMILES string of the molecule is CC(C)Oc1ccccc1C(=O)c1ccccc1I. The molecule has 2 rings (SSSR count). The number of hydrogen-bond acceptors (Lipinski definition) is 2. The van der Waals surface area contributed by atoms with Crippen molar-refractivity contribution in [3.05, 3.63) is 63.2 Å². The van der Waals surface area contributed by atoms with Crippen molar-refractivity contribution in [2.45, 2.75) is 20.0 Å². The number of carbonyl (C=O) groups excluding carboxylic acids is 1. The first-order chi connectivity index (χ1) is 9.09. The number of halogens is 1. The predicted octanol–water partition coefficient (Wildman–Crippen LogP) is 4.31. The fraction of sp³-hybridized carbons (Fsp3) is 0.188. The van der Waals surface area contributed by atoms with E-state index in [1.807, 2.05) is 62.4 Å². The molecule has 0 fully saturated rings. The first-order valence-corrected chi connectivity index (χ1v) is 7.22. The lowest BCUT2D eigenvalue weighted by molar-refractivity contribution is 0.103. The van der Waals surface area contributed by atoms with E-state index >= 15 is 0 Å². The monoisotopic (exact) mass is 366 g/mol. The van der Waals surface area contributed by atoms with Crippen molar-refractivity contribution in [2.24, 2.45) is 0 Å². The van der Waals surface area contributed by atoms with Gasteiger partial charge < -0.3 is 4.74 Å². The Labute approximate surface area is 126 Å². The van der Waals surface area contributed by atoms with E-state index in [0.29, 0.717) is 16.9 Å². The number of benzene rings is 2. The van der Waals surface area contributed by atoms with E-state index in [2.05, 4.69) is 22.6 Å². The normalized spacial score (nSPS) is 10.5. The maximum Gasteiger partial charge on any atom is 0.197 e. The number of para-hydroxylation sites is 1. The molecule has 0 saturated heterocycles. The highest BCUT2D eigenvalue weighted by Gasteiger charge is 2.16. The summed E-state index contributed by atoms with van der Waals surface area (Å²) in [5, 5.41) is 0. The molecule has 3 heteroatoms. The molecule has 2 aromatic carbocycles. The summed E-state index contributed by atoms with van der Waals surface area (Å²) in [4.78, 5) is 12.6. The standard InChI is InChI=1S/C16H15IO2/c1-11(2)19-15-10-6-4-8-13(15)16(18)12-7-3-5-9-14(12)17/h3-11H,1-2H3. The molecule has 2 nitrogen and oxygen atoms in total. The van der Waals surface area contributed by atoms with Crippen LogP contribution < -0.4 is 4.74 Å². The molecule has 0 radical (unpaired) electrons. The average Bonchev–Trinajstić information content (AvgIpc) is 2.38. The molecular formula is C16H15IO2. The zero-order chi connectivity index (χ0) is 13.8. The van der Waals surface area contributed by atoms with Crippen LogP contribution in [0.2, 0.25) is 0 Å². The molecule has 98 valence electrons. The van der Waals surface area contributed by atoms with Gasteiger partial charge in [0.1, 0.15) is 5.75 Å². The van der Waals surface area contributed by atoms with Crippen LogP contribution in [0, 0.1) is 3.57 Å². The summed E-state index contributed by atoms with van der Waals surface area (Å²) < 4.78 is 6.65. The van der Waals surface area contributed by atoms with Gasteiger partial charge in [-0.15, -0.1) is 0 Å². The molecule has 0 aliphatic carbocycles. The summed E-state index contributed by atoms with van der Waals surface area (Å²) in [6, 6.07) is 15.0. The molecule has 19 heavy (non-hydrogen) atoms. The Morgan fingerprint density at radius 3 is 2.21 bits per heavy atom. The fourth-order valence-electron chi connectivity index (χ4n) is 1.80. The molecule has 0 saturated carbocycles. The quantitative estimate of drug-likeness (QED) is 0.596. The number of ether oxygens (including phenoxy) is 1. The smallest absolute Gasteiger partial charge is 0.197 e. The zero-order valence-corrected chi connectivity index (χ0v) is 13.0. The van der Waals surface area contributed by atoms with E-state index in [1.165, 1.54) is 0 Å². The lowest BCUT2D eigenvalue weighted by Crippen LogP contribution is -2.11.